The van der Waals surface area contributed by atoms with Crippen LogP contribution < -0.4 is 5.32 Å². The third kappa shape index (κ3) is 5.64. The van der Waals surface area contributed by atoms with E-state index in [9.17, 15) is 0 Å². The fourth-order valence-corrected chi connectivity index (χ4v) is 2.37. The lowest BCUT2D eigenvalue weighted by molar-refractivity contribution is 0.103. The van der Waals surface area contributed by atoms with Gasteiger partial charge >= 0.3 is 0 Å². The van der Waals surface area contributed by atoms with E-state index in [0.717, 1.165) is 32.2 Å². The summed E-state index contributed by atoms with van der Waals surface area (Å²) >= 11 is 0. The molecule has 0 heterocycles. The molecule has 1 aromatic rings. The average molecular weight is 275 g/mol. The molecule has 20 heavy (non-hydrogen) atoms. The molecule has 0 aliphatic heterocycles. The minimum absolute atomic E-state index is 0.573. The first-order valence-corrected chi connectivity index (χ1v) is 8.03. The van der Waals surface area contributed by atoms with E-state index < -0.39 is 0 Å². The van der Waals surface area contributed by atoms with Crippen LogP contribution in [0.5, 0.6) is 0 Å². The molecular formula is C18H29NO. The van der Waals surface area contributed by atoms with Gasteiger partial charge in [0.2, 0.25) is 0 Å². The summed E-state index contributed by atoms with van der Waals surface area (Å²) in [5.41, 5.74) is 2.77. The van der Waals surface area contributed by atoms with Gasteiger partial charge < -0.3 is 10.1 Å². The molecule has 1 aliphatic carbocycles. The number of hydrogen-bond donors (Lipinski definition) is 1. The smallest absolute Gasteiger partial charge is 0.0488 e. The highest BCUT2D eigenvalue weighted by molar-refractivity contribution is 5.24. The average Bonchev–Trinajstić information content (AvgIpc) is 3.23. The van der Waals surface area contributed by atoms with Gasteiger partial charge in [0.15, 0.2) is 0 Å². The minimum atomic E-state index is 0.573. The van der Waals surface area contributed by atoms with Gasteiger partial charge in [0.05, 0.1) is 0 Å². The van der Waals surface area contributed by atoms with Gasteiger partial charge in [-0.1, -0.05) is 43.7 Å². The zero-order chi connectivity index (χ0) is 14.4. The number of nitrogens with one attached hydrogen (secondary N) is 1. The van der Waals surface area contributed by atoms with Crippen molar-refractivity contribution >= 4 is 0 Å². The first-order chi connectivity index (χ1) is 9.65. The Hall–Kier alpha value is -0.860. The summed E-state index contributed by atoms with van der Waals surface area (Å²) in [4.78, 5) is 0. The first-order valence-electron chi connectivity index (χ1n) is 8.03. The number of aryl methyl sites for hydroxylation is 1. The third-order valence-electron chi connectivity index (χ3n) is 3.84. The molecule has 2 nitrogen and oxygen atoms in total. The number of ether oxygens (including phenoxy) is 1. The second kappa shape index (κ2) is 7.80. The lowest BCUT2D eigenvalue weighted by Crippen LogP contribution is -2.24. The standard InChI is InChI=1S/C18H29NO/c1-14(2)13-20-11-10-17(12-19-18-8-9-18)16-6-4-15(3)5-7-16/h4-7,14,17-19H,8-13H2,1-3H3. The van der Waals surface area contributed by atoms with Crippen molar-refractivity contribution in [2.24, 2.45) is 5.92 Å². The maximum atomic E-state index is 5.77. The van der Waals surface area contributed by atoms with E-state index >= 15 is 0 Å². The van der Waals surface area contributed by atoms with Gasteiger partial charge in [0.25, 0.3) is 0 Å². The van der Waals surface area contributed by atoms with Crippen molar-refractivity contribution in [2.45, 2.75) is 52.0 Å². The zero-order valence-electron chi connectivity index (χ0n) is 13.2. The molecule has 1 atom stereocenters. The zero-order valence-corrected chi connectivity index (χ0v) is 13.2. The van der Waals surface area contributed by atoms with Crippen LogP contribution in [-0.4, -0.2) is 25.8 Å². The van der Waals surface area contributed by atoms with E-state index in [-0.39, 0.29) is 0 Å². The Kier molecular flexibility index (Phi) is 6.06. The van der Waals surface area contributed by atoms with Crippen molar-refractivity contribution in [3.05, 3.63) is 35.4 Å². The normalized spacial score (nSPS) is 16.6. The van der Waals surface area contributed by atoms with Crippen LogP contribution in [0.25, 0.3) is 0 Å². The van der Waals surface area contributed by atoms with Gasteiger partial charge in [-0.25, -0.2) is 0 Å². The molecular weight excluding hydrogens is 246 g/mol. The van der Waals surface area contributed by atoms with Crippen molar-refractivity contribution in [1.29, 1.82) is 0 Å². The van der Waals surface area contributed by atoms with Gasteiger partial charge in [-0.3, -0.25) is 0 Å². The number of hydrogen-bond acceptors (Lipinski definition) is 2. The molecule has 0 amide bonds. The fraction of sp³-hybridized carbons (Fsp3) is 0.667. The van der Waals surface area contributed by atoms with E-state index in [0.29, 0.717) is 11.8 Å². The van der Waals surface area contributed by atoms with Gasteiger partial charge in [-0.15, -0.1) is 0 Å². The Morgan fingerprint density at radius 1 is 1.20 bits per heavy atom. The van der Waals surface area contributed by atoms with E-state index in [2.05, 4.69) is 50.4 Å². The monoisotopic (exact) mass is 275 g/mol. The van der Waals surface area contributed by atoms with Crippen molar-refractivity contribution < 1.29 is 4.74 Å². The first kappa shape index (κ1) is 15.5. The highest BCUT2D eigenvalue weighted by Gasteiger charge is 2.22. The maximum absolute atomic E-state index is 5.77. The Bertz CT molecular complexity index is 381. The second-order valence-corrected chi connectivity index (χ2v) is 6.55. The summed E-state index contributed by atoms with van der Waals surface area (Å²) in [6, 6.07) is 9.76. The van der Waals surface area contributed by atoms with Gasteiger partial charge in [-0.05, 0) is 43.6 Å². The quantitative estimate of drug-likeness (QED) is 0.690. The molecule has 112 valence electrons. The highest BCUT2D eigenvalue weighted by Crippen LogP contribution is 2.23. The lowest BCUT2D eigenvalue weighted by atomic mass is 9.95. The molecule has 1 unspecified atom stereocenters. The molecule has 1 aromatic carbocycles. The molecule has 0 radical (unpaired) electrons. The summed E-state index contributed by atoms with van der Waals surface area (Å²) in [5.74, 6) is 1.20. The minimum Gasteiger partial charge on any atom is -0.381 e. The summed E-state index contributed by atoms with van der Waals surface area (Å²) in [6.45, 7) is 9.36. The largest absolute Gasteiger partial charge is 0.381 e. The van der Waals surface area contributed by atoms with Crippen LogP contribution in [0, 0.1) is 12.8 Å². The number of benzene rings is 1. The Balaban J connectivity index is 1.83. The van der Waals surface area contributed by atoms with Gasteiger partial charge in [-0.2, -0.15) is 0 Å². The molecule has 2 heteroatoms. The Labute approximate surface area is 123 Å². The van der Waals surface area contributed by atoms with Crippen LogP contribution in [0.1, 0.15) is 50.2 Å². The van der Waals surface area contributed by atoms with E-state index in [1.165, 1.54) is 24.0 Å². The molecule has 2 rings (SSSR count). The summed E-state index contributed by atoms with van der Waals surface area (Å²) in [7, 11) is 0. The van der Waals surface area contributed by atoms with Crippen LogP contribution in [0.15, 0.2) is 24.3 Å². The topological polar surface area (TPSA) is 21.3 Å². The molecule has 1 fully saturated rings. The van der Waals surface area contributed by atoms with Crippen molar-refractivity contribution in [2.75, 3.05) is 19.8 Å². The summed E-state index contributed by atoms with van der Waals surface area (Å²) < 4.78 is 5.77. The van der Waals surface area contributed by atoms with Crippen LogP contribution in [0.2, 0.25) is 0 Å². The molecule has 0 saturated heterocycles. The summed E-state index contributed by atoms with van der Waals surface area (Å²) in [5, 5.41) is 3.66. The molecule has 1 N–H and O–H groups in total. The SMILES string of the molecule is Cc1ccc(C(CCOCC(C)C)CNC2CC2)cc1. The van der Waals surface area contributed by atoms with Crippen LogP contribution in [-0.2, 0) is 4.74 Å². The molecule has 0 bridgehead atoms. The van der Waals surface area contributed by atoms with Crippen LogP contribution >= 0.6 is 0 Å². The number of rotatable bonds is 9. The van der Waals surface area contributed by atoms with Crippen molar-refractivity contribution in [3.8, 4) is 0 Å². The highest BCUT2D eigenvalue weighted by atomic mass is 16.5. The predicted octanol–water partition coefficient (Wildman–Crippen LogP) is 3.89. The Morgan fingerprint density at radius 2 is 1.90 bits per heavy atom. The van der Waals surface area contributed by atoms with Gasteiger partial charge in [0.1, 0.15) is 0 Å². The fourth-order valence-electron chi connectivity index (χ4n) is 2.37. The lowest BCUT2D eigenvalue weighted by Gasteiger charge is -2.19. The van der Waals surface area contributed by atoms with E-state index in [1.807, 2.05) is 0 Å². The van der Waals surface area contributed by atoms with Crippen molar-refractivity contribution in [1.82, 2.24) is 5.32 Å². The maximum Gasteiger partial charge on any atom is 0.0488 e. The van der Waals surface area contributed by atoms with Crippen LogP contribution in [0.4, 0.5) is 0 Å². The molecule has 0 spiro atoms. The molecule has 1 saturated carbocycles. The second-order valence-electron chi connectivity index (χ2n) is 6.55. The van der Waals surface area contributed by atoms with E-state index in [1.54, 1.807) is 0 Å². The van der Waals surface area contributed by atoms with E-state index in [4.69, 9.17) is 4.74 Å². The molecule has 1 aliphatic rings. The Morgan fingerprint density at radius 3 is 2.50 bits per heavy atom. The summed E-state index contributed by atoms with van der Waals surface area (Å²) in [6.07, 6.45) is 3.81. The molecule has 0 aromatic heterocycles. The van der Waals surface area contributed by atoms with Crippen LogP contribution in [0.3, 0.4) is 0 Å². The van der Waals surface area contributed by atoms with Crippen molar-refractivity contribution in [3.63, 3.8) is 0 Å². The third-order valence-corrected chi connectivity index (χ3v) is 3.84. The van der Waals surface area contributed by atoms with Gasteiger partial charge in [0, 0.05) is 25.8 Å². The predicted molar refractivity (Wildman–Crippen MR) is 85.2 cm³/mol.